The van der Waals surface area contributed by atoms with Crippen molar-refractivity contribution < 1.29 is 26.3 Å². The summed E-state index contributed by atoms with van der Waals surface area (Å²) in [6.45, 7) is 7.17. The van der Waals surface area contributed by atoms with E-state index in [1.54, 1.807) is 64.1 Å². The monoisotopic (exact) mass is 935 g/mol. The average Bonchev–Trinajstić information content (AvgIpc) is 3.84. The maximum Gasteiger partial charge on any atom is 0.416 e. The fraction of sp³-hybridized carbons (Fsp3) is 0.109. The molecule has 0 aliphatic rings. The normalized spacial score (nSPS) is 12.1. The molecule has 0 spiro atoms. The lowest BCUT2D eigenvalue weighted by Crippen LogP contribution is -2.11. The lowest BCUT2D eigenvalue weighted by molar-refractivity contribution is -0.143. The van der Waals surface area contributed by atoms with Gasteiger partial charge in [-0.05, 0) is 141 Å². The Kier molecular flexibility index (Phi) is 10.1. The van der Waals surface area contributed by atoms with Crippen LogP contribution in [0.5, 0.6) is 0 Å². The van der Waals surface area contributed by atoms with Gasteiger partial charge in [0.15, 0.2) is 11.6 Å². The van der Waals surface area contributed by atoms with Gasteiger partial charge < -0.3 is 9.13 Å². The first kappa shape index (κ1) is 43.8. The molecule has 11 aromatic rings. The molecule has 0 radical (unpaired) electrons. The molecule has 0 aliphatic heterocycles. The number of benzene rings is 7. The molecule has 0 N–H and O–H groups in total. The van der Waals surface area contributed by atoms with Gasteiger partial charge in [-0.1, -0.05) is 42.5 Å². The van der Waals surface area contributed by atoms with Crippen LogP contribution in [-0.4, -0.2) is 39.0 Å². The van der Waals surface area contributed by atoms with E-state index in [0.717, 1.165) is 66.9 Å². The summed E-state index contributed by atoms with van der Waals surface area (Å²) in [5.74, 6) is 3.23. The summed E-state index contributed by atoms with van der Waals surface area (Å²) in [6.07, 6.45) is -10.2. The number of halogens is 6. The third kappa shape index (κ3) is 7.54. The number of hydrogen-bond acceptors (Lipinski definition) is 7. The summed E-state index contributed by atoms with van der Waals surface area (Å²) >= 11 is 0. The van der Waals surface area contributed by atoms with Gasteiger partial charge in [0.2, 0.25) is 0 Å². The fourth-order valence-electron chi connectivity index (χ4n) is 9.52. The van der Waals surface area contributed by atoms with Crippen LogP contribution in [0.25, 0.3) is 100 Å². The van der Waals surface area contributed by atoms with Crippen molar-refractivity contribution in [2.75, 3.05) is 0 Å². The third-order valence-electron chi connectivity index (χ3n) is 12.4. The number of rotatable bonds is 6. The second kappa shape index (κ2) is 16.2. The maximum absolute atomic E-state index is 14.6. The largest absolute Gasteiger partial charge is 0.416 e. The number of para-hydroxylation sites is 2. The minimum absolute atomic E-state index is 0.0731. The molecule has 70 heavy (non-hydrogen) atoms. The maximum atomic E-state index is 14.6. The van der Waals surface area contributed by atoms with Crippen LogP contribution in [0.4, 0.5) is 26.3 Å². The summed E-state index contributed by atoms with van der Waals surface area (Å²) in [6, 6.07) is 40.8. The van der Waals surface area contributed by atoms with E-state index in [9.17, 15) is 31.6 Å². The van der Waals surface area contributed by atoms with E-state index in [2.05, 4.69) is 36.0 Å². The standard InChI is InChI=1S/C55H35F6N9/c1-29-63-30(2)66-52(65-29)34-14-19-49-45(24-34)41-9-5-7-11-47(41)69(49)39-16-17-40(36-22-37(54(56,57)58)26-38(23-36)55(59,60)61)43(27-39)44-21-33(28-62)13-18-50(44)70-48-12-8-6-10-42(48)46-25-35(15-20-51(46)70)53-67-31(3)64-32(4)68-53/h5-27H,1-4H3. The SMILES string of the molecule is Cc1nc(C)nc(-c2ccc3c(c2)c2ccccc2n3-c2ccc(-c3cc(C(F)(F)F)cc(C(F)(F)F)c3)c(-c3cc(C#N)ccc3-n3c4ccccc4c4cc(-c5nc(C)nc(C)n5)ccc43)c2)n1. The first-order valence-corrected chi connectivity index (χ1v) is 22.0. The Bertz CT molecular complexity index is 3940. The minimum Gasteiger partial charge on any atom is -0.309 e. The molecule has 0 saturated carbocycles. The van der Waals surface area contributed by atoms with Gasteiger partial charge in [-0.15, -0.1) is 0 Å². The predicted octanol–water partition coefficient (Wildman–Crippen LogP) is 14.1. The summed E-state index contributed by atoms with van der Waals surface area (Å²) in [7, 11) is 0. The average molecular weight is 936 g/mol. The van der Waals surface area contributed by atoms with Gasteiger partial charge >= 0.3 is 12.4 Å². The molecule has 0 atom stereocenters. The number of aromatic nitrogens is 8. The van der Waals surface area contributed by atoms with Crippen molar-refractivity contribution >= 4 is 43.6 Å². The molecule has 0 saturated heterocycles. The van der Waals surface area contributed by atoms with Crippen LogP contribution in [-0.2, 0) is 12.4 Å². The van der Waals surface area contributed by atoms with E-state index in [-0.39, 0.29) is 28.3 Å². The molecule has 15 heteroatoms. The number of hydrogen-bond donors (Lipinski definition) is 0. The minimum atomic E-state index is -5.11. The Hall–Kier alpha value is -8.77. The van der Waals surface area contributed by atoms with Crippen molar-refractivity contribution in [1.82, 2.24) is 39.0 Å². The van der Waals surface area contributed by atoms with Crippen molar-refractivity contribution in [3.05, 3.63) is 180 Å². The van der Waals surface area contributed by atoms with Crippen LogP contribution in [0.3, 0.4) is 0 Å². The van der Waals surface area contributed by atoms with Crippen LogP contribution in [0.15, 0.2) is 140 Å². The molecule has 7 aromatic carbocycles. The Labute approximate surface area is 395 Å². The molecule has 0 fully saturated rings. The van der Waals surface area contributed by atoms with E-state index in [4.69, 9.17) is 0 Å². The highest BCUT2D eigenvalue weighted by atomic mass is 19.4. The van der Waals surface area contributed by atoms with Gasteiger partial charge in [0.1, 0.15) is 23.3 Å². The summed E-state index contributed by atoms with van der Waals surface area (Å²) in [4.78, 5) is 27.0. The molecule has 0 aliphatic carbocycles. The molecule has 0 amide bonds. The Balaban J connectivity index is 1.21. The van der Waals surface area contributed by atoms with E-state index < -0.39 is 23.5 Å². The number of nitrogens with zero attached hydrogens (tertiary/aromatic N) is 9. The molecule has 342 valence electrons. The van der Waals surface area contributed by atoms with Crippen molar-refractivity contribution in [1.29, 1.82) is 5.26 Å². The highest BCUT2D eigenvalue weighted by Crippen LogP contribution is 2.46. The highest BCUT2D eigenvalue weighted by Gasteiger charge is 2.37. The number of fused-ring (bicyclic) bond motifs is 6. The zero-order valence-electron chi connectivity index (χ0n) is 37.6. The first-order valence-electron chi connectivity index (χ1n) is 22.0. The van der Waals surface area contributed by atoms with Crippen molar-refractivity contribution in [3.8, 4) is 62.5 Å². The van der Waals surface area contributed by atoms with Crippen LogP contribution >= 0.6 is 0 Å². The Morgan fingerprint density at radius 2 is 0.900 bits per heavy atom. The summed E-state index contributed by atoms with van der Waals surface area (Å²) in [5, 5.41) is 13.8. The summed E-state index contributed by atoms with van der Waals surface area (Å²) < 4.78 is 91.5. The molecule has 9 nitrogen and oxygen atoms in total. The van der Waals surface area contributed by atoms with Crippen molar-refractivity contribution in [2.45, 2.75) is 40.0 Å². The molecule has 0 unspecified atom stereocenters. The predicted molar refractivity (Wildman–Crippen MR) is 257 cm³/mol. The molecular weight excluding hydrogens is 901 g/mol. The molecule has 4 heterocycles. The Morgan fingerprint density at radius 3 is 1.41 bits per heavy atom. The van der Waals surface area contributed by atoms with Crippen LogP contribution < -0.4 is 0 Å². The fourth-order valence-corrected chi connectivity index (χ4v) is 9.52. The van der Waals surface area contributed by atoms with E-state index in [0.29, 0.717) is 51.9 Å². The van der Waals surface area contributed by atoms with Crippen LogP contribution in [0, 0.1) is 39.0 Å². The van der Waals surface area contributed by atoms with E-state index in [1.165, 1.54) is 0 Å². The van der Waals surface area contributed by atoms with Crippen LogP contribution in [0.2, 0.25) is 0 Å². The lowest BCUT2D eigenvalue weighted by atomic mass is 9.90. The van der Waals surface area contributed by atoms with Gasteiger partial charge in [0.05, 0.1) is 50.5 Å². The molecule has 11 rings (SSSR count). The van der Waals surface area contributed by atoms with Gasteiger partial charge in [-0.2, -0.15) is 31.6 Å². The Morgan fingerprint density at radius 1 is 0.414 bits per heavy atom. The van der Waals surface area contributed by atoms with E-state index >= 15 is 0 Å². The van der Waals surface area contributed by atoms with Gasteiger partial charge in [0, 0.05) is 43.9 Å². The second-order valence-corrected chi connectivity index (χ2v) is 17.0. The first-order chi connectivity index (χ1) is 33.5. The van der Waals surface area contributed by atoms with Gasteiger partial charge in [-0.25, -0.2) is 29.9 Å². The van der Waals surface area contributed by atoms with Crippen LogP contribution in [0.1, 0.15) is 40.0 Å². The zero-order chi connectivity index (χ0) is 48.8. The van der Waals surface area contributed by atoms with Gasteiger partial charge in [-0.3, -0.25) is 0 Å². The van der Waals surface area contributed by atoms with Crippen molar-refractivity contribution in [2.24, 2.45) is 0 Å². The number of aryl methyl sites for hydroxylation is 4. The number of alkyl halides is 6. The quantitative estimate of drug-likeness (QED) is 0.153. The molecular formula is C55H35F6N9. The van der Waals surface area contributed by atoms with E-state index in [1.807, 2.05) is 94.1 Å². The van der Waals surface area contributed by atoms with Crippen molar-refractivity contribution in [3.63, 3.8) is 0 Å². The third-order valence-corrected chi connectivity index (χ3v) is 12.4. The highest BCUT2D eigenvalue weighted by molar-refractivity contribution is 6.12. The summed E-state index contributed by atoms with van der Waals surface area (Å²) in [5.41, 5.74) is 3.28. The lowest BCUT2D eigenvalue weighted by Gasteiger charge is -2.21. The molecule has 4 aromatic heterocycles. The topological polar surface area (TPSA) is 111 Å². The molecule has 0 bridgehead atoms. The smallest absolute Gasteiger partial charge is 0.309 e. The second-order valence-electron chi connectivity index (χ2n) is 17.0. The van der Waals surface area contributed by atoms with Gasteiger partial charge in [0.25, 0.3) is 0 Å². The number of nitriles is 1. The zero-order valence-corrected chi connectivity index (χ0v) is 37.6.